The minimum Gasteiger partial charge on any atom is -0.325 e. The topological polar surface area (TPSA) is 150 Å². The molecule has 27 heavy (non-hydrogen) atoms. The summed E-state index contributed by atoms with van der Waals surface area (Å²) in [6.45, 7) is -0.240. The van der Waals surface area contributed by atoms with Crippen LogP contribution in [0.5, 0.6) is 0 Å². The van der Waals surface area contributed by atoms with Gasteiger partial charge in [0.05, 0.1) is 11.9 Å². The van der Waals surface area contributed by atoms with Crippen molar-refractivity contribution in [3.8, 4) is 23.0 Å². The van der Waals surface area contributed by atoms with Gasteiger partial charge in [0, 0.05) is 24.0 Å². The molecule has 1 amide bonds. The maximum atomic E-state index is 11.7. The van der Waals surface area contributed by atoms with Crippen LogP contribution in [-0.4, -0.2) is 47.7 Å². The van der Waals surface area contributed by atoms with Crippen LogP contribution in [0, 0.1) is 10.1 Å². The van der Waals surface area contributed by atoms with E-state index in [2.05, 4.69) is 35.7 Å². The van der Waals surface area contributed by atoms with Gasteiger partial charge in [-0.2, -0.15) is 0 Å². The Morgan fingerprint density at radius 2 is 1.70 bits per heavy atom. The first-order valence-corrected chi connectivity index (χ1v) is 7.99. The third-order valence-corrected chi connectivity index (χ3v) is 3.39. The molecule has 0 saturated heterocycles. The number of nitro groups is 1. The molecule has 0 aromatic carbocycles. The van der Waals surface area contributed by atoms with Crippen molar-refractivity contribution in [1.29, 1.82) is 0 Å². The number of amides is 1. The van der Waals surface area contributed by atoms with Gasteiger partial charge in [-0.3, -0.25) is 24.9 Å². The third-order valence-electron chi connectivity index (χ3n) is 3.39. The van der Waals surface area contributed by atoms with Gasteiger partial charge in [0.1, 0.15) is 11.4 Å². The van der Waals surface area contributed by atoms with Crippen LogP contribution in [0.2, 0.25) is 0 Å². The number of carbonyl (C=O) groups is 1. The van der Waals surface area contributed by atoms with E-state index in [4.69, 9.17) is 0 Å². The molecule has 0 aliphatic carbocycles. The summed E-state index contributed by atoms with van der Waals surface area (Å²) in [5.74, 6) is 0.224. The maximum Gasteiger partial charge on any atom is 0.224 e. The Bertz CT molecular complexity index is 917. The number of nitrogens with zero attached hydrogens (tertiary/aromatic N) is 7. The number of nitrogens with one attached hydrogen (secondary N) is 1. The van der Waals surface area contributed by atoms with Gasteiger partial charge >= 0.3 is 0 Å². The Hall–Kier alpha value is -3.89. The zero-order valence-corrected chi connectivity index (χ0v) is 14.0. The molecule has 3 rings (SSSR count). The minimum absolute atomic E-state index is 0.0642. The van der Waals surface area contributed by atoms with E-state index in [0.29, 0.717) is 22.9 Å². The molecule has 0 unspecified atom stereocenters. The molecule has 0 atom stereocenters. The first-order valence-electron chi connectivity index (χ1n) is 7.99. The molecule has 0 spiro atoms. The largest absolute Gasteiger partial charge is 0.325 e. The van der Waals surface area contributed by atoms with Crippen molar-refractivity contribution in [2.24, 2.45) is 0 Å². The fraction of sp³-hybridized carbons (Fsp3) is 0.188. The molecular formula is C16H14N8O3. The lowest BCUT2D eigenvalue weighted by Gasteiger charge is -2.04. The molecule has 0 aliphatic heterocycles. The van der Waals surface area contributed by atoms with Crippen molar-refractivity contribution in [1.82, 2.24) is 30.4 Å². The Labute approximate surface area is 153 Å². The molecule has 0 bridgehead atoms. The molecule has 0 fully saturated rings. The van der Waals surface area contributed by atoms with Crippen LogP contribution in [0.3, 0.4) is 0 Å². The number of hydrogen-bond donors (Lipinski definition) is 1. The van der Waals surface area contributed by atoms with E-state index in [1.807, 2.05) is 6.07 Å². The number of hydrogen-bond acceptors (Lipinski definition) is 9. The fourth-order valence-electron chi connectivity index (χ4n) is 2.12. The van der Waals surface area contributed by atoms with E-state index in [-0.39, 0.29) is 31.1 Å². The SMILES string of the molecule is O=C(CCC[N+](=O)[O-])Nc1ccc(-c2nnc(-c3ccccn3)nn2)nc1. The van der Waals surface area contributed by atoms with E-state index in [9.17, 15) is 14.9 Å². The van der Waals surface area contributed by atoms with Crippen molar-refractivity contribution in [2.75, 3.05) is 11.9 Å². The number of carbonyl (C=O) groups excluding carboxylic acids is 1. The molecule has 11 heteroatoms. The molecule has 3 aromatic heterocycles. The van der Waals surface area contributed by atoms with Crippen LogP contribution >= 0.6 is 0 Å². The van der Waals surface area contributed by atoms with Gasteiger partial charge < -0.3 is 5.32 Å². The van der Waals surface area contributed by atoms with Crippen LogP contribution in [0.1, 0.15) is 12.8 Å². The van der Waals surface area contributed by atoms with Crippen molar-refractivity contribution in [2.45, 2.75) is 12.8 Å². The summed E-state index contributed by atoms with van der Waals surface area (Å²) < 4.78 is 0. The second-order valence-electron chi connectivity index (χ2n) is 5.40. The summed E-state index contributed by atoms with van der Waals surface area (Å²) >= 11 is 0. The summed E-state index contributed by atoms with van der Waals surface area (Å²) in [4.78, 5) is 29.8. The Morgan fingerprint density at radius 1 is 1.00 bits per heavy atom. The molecule has 3 aromatic rings. The van der Waals surface area contributed by atoms with Gasteiger partial charge in [0.25, 0.3) is 0 Å². The molecule has 0 radical (unpaired) electrons. The minimum atomic E-state index is -0.454. The average Bonchev–Trinajstić information content (AvgIpc) is 2.69. The molecule has 0 saturated carbocycles. The average molecular weight is 366 g/mol. The predicted octanol–water partition coefficient (Wildman–Crippen LogP) is 1.39. The van der Waals surface area contributed by atoms with E-state index < -0.39 is 4.92 Å². The monoisotopic (exact) mass is 366 g/mol. The quantitative estimate of drug-likeness (QED) is 0.483. The molecule has 3 heterocycles. The van der Waals surface area contributed by atoms with Gasteiger partial charge in [0.15, 0.2) is 0 Å². The normalized spacial score (nSPS) is 10.4. The van der Waals surface area contributed by atoms with Crippen molar-refractivity contribution >= 4 is 11.6 Å². The Balaban J connectivity index is 1.61. The zero-order chi connectivity index (χ0) is 19.1. The van der Waals surface area contributed by atoms with E-state index in [1.165, 1.54) is 6.20 Å². The van der Waals surface area contributed by atoms with Crippen molar-refractivity contribution in [3.63, 3.8) is 0 Å². The second-order valence-corrected chi connectivity index (χ2v) is 5.40. The van der Waals surface area contributed by atoms with Crippen molar-refractivity contribution in [3.05, 3.63) is 52.8 Å². The van der Waals surface area contributed by atoms with Crippen LogP contribution in [-0.2, 0) is 4.79 Å². The molecule has 1 N–H and O–H groups in total. The first-order chi connectivity index (χ1) is 13.1. The van der Waals surface area contributed by atoms with Crippen molar-refractivity contribution < 1.29 is 9.72 Å². The summed E-state index contributed by atoms with van der Waals surface area (Å²) in [5, 5.41) is 28.8. The standard InChI is InChI=1S/C16H14N8O3/c25-14(5-3-9-24(26)27)19-11-6-7-13(18-10-11)16-22-20-15(21-23-16)12-4-1-2-8-17-12/h1-2,4,6-8,10H,3,5,9H2,(H,19,25). The molecular weight excluding hydrogens is 352 g/mol. The lowest BCUT2D eigenvalue weighted by atomic mass is 10.2. The number of aromatic nitrogens is 6. The highest BCUT2D eigenvalue weighted by Crippen LogP contribution is 2.15. The van der Waals surface area contributed by atoms with Gasteiger partial charge in [-0.25, -0.2) is 0 Å². The van der Waals surface area contributed by atoms with Crippen LogP contribution in [0.4, 0.5) is 5.69 Å². The van der Waals surface area contributed by atoms with Crippen LogP contribution < -0.4 is 5.32 Å². The number of pyridine rings is 2. The Kier molecular flexibility index (Phi) is 5.62. The first kappa shape index (κ1) is 17.9. The molecule has 11 nitrogen and oxygen atoms in total. The zero-order valence-electron chi connectivity index (χ0n) is 14.0. The van der Waals surface area contributed by atoms with E-state index >= 15 is 0 Å². The summed E-state index contributed by atoms with van der Waals surface area (Å²) in [6, 6.07) is 8.59. The highest BCUT2D eigenvalue weighted by atomic mass is 16.6. The van der Waals surface area contributed by atoms with Gasteiger partial charge in [-0.1, -0.05) is 6.07 Å². The van der Waals surface area contributed by atoms with E-state index in [0.717, 1.165) is 0 Å². The second kappa shape index (κ2) is 8.47. The Morgan fingerprint density at radius 3 is 2.26 bits per heavy atom. The lowest BCUT2D eigenvalue weighted by molar-refractivity contribution is -0.480. The highest BCUT2D eigenvalue weighted by Gasteiger charge is 2.09. The highest BCUT2D eigenvalue weighted by molar-refractivity contribution is 5.90. The summed E-state index contributed by atoms with van der Waals surface area (Å²) in [5.41, 5.74) is 1.47. The predicted molar refractivity (Wildman–Crippen MR) is 93.8 cm³/mol. The van der Waals surface area contributed by atoms with Gasteiger partial charge in [-0.15, -0.1) is 20.4 Å². The summed E-state index contributed by atoms with van der Waals surface area (Å²) in [6.07, 6.45) is 3.31. The van der Waals surface area contributed by atoms with Gasteiger partial charge in [0.2, 0.25) is 24.1 Å². The fourth-order valence-corrected chi connectivity index (χ4v) is 2.12. The van der Waals surface area contributed by atoms with Gasteiger partial charge in [-0.05, 0) is 24.3 Å². The number of rotatable bonds is 7. The smallest absolute Gasteiger partial charge is 0.224 e. The van der Waals surface area contributed by atoms with Crippen LogP contribution in [0.25, 0.3) is 23.0 Å². The van der Waals surface area contributed by atoms with Crippen LogP contribution in [0.15, 0.2) is 42.7 Å². The number of anilines is 1. The third kappa shape index (κ3) is 5.04. The lowest BCUT2D eigenvalue weighted by Crippen LogP contribution is -2.13. The maximum absolute atomic E-state index is 11.7. The molecule has 136 valence electrons. The van der Waals surface area contributed by atoms with E-state index in [1.54, 1.807) is 30.5 Å². The molecule has 0 aliphatic rings. The summed E-state index contributed by atoms with van der Waals surface area (Å²) in [7, 11) is 0.